The van der Waals surface area contributed by atoms with E-state index >= 15 is 0 Å². The molecule has 0 fully saturated rings. The first-order valence-electron chi connectivity index (χ1n) is 9.07. The predicted octanol–water partition coefficient (Wildman–Crippen LogP) is 5.86. The molecular formula is C25H18O2. The number of hydrogen-bond acceptors (Lipinski definition) is 2. The lowest BCUT2D eigenvalue weighted by atomic mass is 9.94. The van der Waals surface area contributed by atoms with E-state index in [4.69, 9.17) is 4.74 Å². The number of esters is 1. The van der Waals surface area contributed by atoms with Gasteiger partial charge in [0.05, 0.1) is 12.7 Å². The molecule has 0 N–H and O–H groups in total. The third-order valence-corrected chi connectivity index (χ3v) is 5.41. The van der Waals surface area contributed by atoms with Crippen molar-refractivity contribution in [3.8, 4) is 22.3 Å². The molecule has 2 nitrogen and oxygen atoms in total. The molecule has 0 unspecified atom stereocenters. The Bertz CT molecular complexity index is 1200. The minimum atomic E-state index is -0.308. The van der Waals surface area contributed by atoms with E-state index in [-0.39, 0.29) is 5.97 Å². The molecule has 0 aliphatic heterocycles. The standard InChI is InChI=1S/C25H18O2/c1-27-25(26)19-10-12-23-17(13-19)6-4-8-22(23)18-9-11-24-20(15-18)14-16-5-2-3-7-21(16)24/h2-13,15H,14H2,1H3. The summed E-state index contributed by atoms with van der Waals surface area (Å²) in [6.45, 7) is 0. The molecule has 130 valence electrons. The van der Waals surface area contributed by atoms with Crippen LogP contribution in [0.4, 0.5) is 0 Å². The van der Waals surface area contributed by atoms with E-state index in [1.807, 2.05) is 30.3 Å². The van der Waals surface area contributed by atoms with Crippen LogP contribution in [0.15, 0.2) is 78.9 Å². The smallest absolute Gasteiger partial charge is 0.337 e. The fourth-order valence-electron chi connectivity index (χ4n) is 4.09. The van der Waals surface area contributed by atoms with Crippen LogP contribution in [-0.2, 0) is 11.2 Å². The fourth-order valence-corrected chi connectivity index (χ4v) is 4.09. The average Bonchev–Trinajstić information content (AvgIpc) is 3.10. The van der Waals surface area contributed by atoms with E-state index in [2.05, 4.69) is 48.5 Å². The second-order valence-corrected chi connectivity index (χ2v) is 6.94. The van der Waals surface area contributed by atoms with Crippen LogP contribution in [0.1, 0.15) is 21.5 Å². The lowest BCUT2D eigenvalue weighted by Crippen LogP contribution is -2.00. The summed E-state index contributed by atoms with van der Waals surface area (Å²) >= 11 is 0. The highest BCUT2D eigenvalue weighted by Gasteiger charge is 2.18. The molecule has 0 saturated heterocycles. The van der Waals surface area contributed by atoms with Crippen LogP contribution >= 0.6 is 0 Å². The van der Waals surface area contributed by atoms with Crippen LogP contribution in [0.2, 0.25) is 0 Å². The number of hydrogen-bond donors (Lipinski definition) is 0. The number of benzene rings is 4. The Labute approximate surface area is 158 Å². The maximum atomic E-state index is 11.8. The molecule has 0 spiro atoms. The molecule has 0 aromatic heterocycles. The minimum Gasteiger partial charge on any atom is -0.465 e. The topological polar surface area (TPSA) is 26.3 Å². The maximum absolute atomic E-state index is 11.8. The van der Waals surface area contributed by atoms with E-state index < -0.39 is 0 Å². The molecule has 1 aliphatic carbocycles. The molecule has 0 heterocycles. The number of fused-ring (bicyclic) bond motifs is 4. The first kappa shape index (κ1) is 15.8. The van der Waals surface area contributed by atoms with Gasteiger partial charge in [-0.25, -0.2) is 4.79 Å². The number of carbonyl (C=O) groups excluding carboxylic acids is 1. The Morgan fingerprint density at radius 3 is 2.48 bits per heavy atom. The van der Waals surface area contributed by atoms with Gasteiger partial charge in [0.15, 0.2) is 0 Å². The predicted molar refractivity (Wildman–Crippen MR) is 109 cm³/mol. The van der Waals surface area contributed by atoms with Gasteiger partial charge in [0.2, 0.25) is 0 Å². The highest BCUT2D eigenvalue weighted by molar-refractivity contribution is 6.01. The summed E-state index contributed by atoms with van der Waals surface area (Å²) in [6.07, 6.45) is 0.983. The molecule has 5 rings (SSSR count). The quantitative estimate of drug-likeness (QED) is 0.373. The van der Waals surface area contributed by atoms with Gasteiger partial charge >= 0.3 is 5.97 Å². The van der Waals surface area contributed by atoms with Crippen molar-refractivity contribution in [2.75, 3.05) is 7.11 Å². The SMILES string of the molecule is COC(=O)c1ccc2c(-c3ccc4c(c3)Cc3ccccc3-4)cccc2c1. The summed E-state index contributed by atoms with van der Waals surface area (Å²) in [7, 11) is 1.41. The van der Waals surface area contributed by atoms with Crippen LogP contribution in [-0.4, -0.2) is 13.1 Å². The van der Waals surface area contributed by atoms with Crippen molar-refractivity contribution in [1.29, 1.82) is 0 Å². The summed E-state index contributed by atoms with van der Waals surface area (Å²) in [5, 5.41) is 2.18. The fraction of sp³-hybridized carbons (Fsp3) is 0.0800. The van der Waals surface area contributed by atoms with E-state index in [9.17, 15) is 4.79 Å². The van der Waals surface area contributed by atoms with Gasteiger partial charge in [-0.2, -0.15) is 0 Å². The van der Waals surface area contributed by atoms with Crippen molar-refractivity contribution in [2.24, 2.45) is 0 Å². The Kier molecular flexibility index (Phi) is 3.58. The molecule has 1 aliphatic rings. The zero-order valence-corrected chi connectivity index (χ0v) is 15.0. The van der Waals surface area contributed by atoms with Crippen molar-refractivity contribution in [1.82, 2.24) is 0 Å². The lowest BCUT2D eigenvalue weighted by molar-refractivity contribution is 0.0601. The summed E-state index contributed by atoms with van der Waals surface area (Å²) in [5.41, 5.74) is 8.41. The van der Waals surface area contributed by atoms with Crippen LogP contribution < -0.4 is 0 Å². The average molecular weight is 350 g/mol. The molecule has 0 amide bonds. The maximum Gasteiger partial charge on any atom is 0.337 e. The summed E-state index contributed by atoms with van der Waals surface area (Å²) in [6, 6.07) is 27.3. The Morgan fingerprint density at radius 1 is 0.778 bits per heavy atom. The number of rotatable bonds is 2. The van der Waals surface area contributed by atoms with Crippen LogP contribution in [0.5, 0.6) is 0 Å². The van der Waals surface area contributed by atoms with E-state index in [1.54, 1.807) is 0 Å². The van der Waals surface area contributed by atoms with Crippen molar-refractivity contribution in [3.63, 3.8) is 0 Å². The minimum absolute atomic E-state index is 0.308. The molecular weight excluding hydrogens is 332 g/mol. The third-order valence-electron chi connectivity index (χ3n) is 5.41. The summed E-state index contributed by atoms with van der Waals surface area (Å²) in [4.78, 5) is 11.8. The zero-order chi connectivity index (χ0) is 18.4. The Balaban J connectivity index is 1.62. The molecule has 2 heteroatoms. The Hall–Kier alpha value is -3.39. The van der Waals surface area contributed by atoms with Gasteiger partial charge in [0.25, 0.3) is 0 Å². The van der Waals surface area contributed by atoms with Crippen molar-refractivity contribution in [2.45, 2.75) is 6.42 Å². The second-order valence-electron chi connectivity index (χ2n) is 6.94. The van der Waals surface area contributed by atoms with Crippen LogP contribution in [0.3, 0.4) is 0 Å². The van der Waals surface area contributed by atoms with Gasteiger partial charge < -0.3 is 4.74 Å². The van der Waals surface area contributed by atoms with Gasteiger partial charge in [-0.15, -0.1) is 0 Å². The Morgan fingerprint density at radius 2 is 1.59 bits per heavy atom. The van der Waals surface area contributed by atoms with Crippen LogP contribution in [0, 0.1) is 0 Å². The highest BCUT2D eigenvalue weighted by Crippen LogP contribution is 2.39. The molecule has 27 heavy (non-hydrogen) atoms. The largest absolute Gasteiger partial charge is 0.465 e. The lowest BCUT2D eigenvalue weighted by Gasteiger charge is -2.10. The van der Waals surface area contributed by atoms with Crippen molar-refractivity contribution < 1.29 is 9.53 Å². The van der Waals surface area contributed by atoms with Crippen molar-refractivity contribution in [3.05, 3.63) is 95.6 Å². The van der Waals surface area contributed by atoms with Gasteiger partial charge in [-0.1, -0.05) is 66.7 Å². The summed E-state index contributed by atoms with van der Waals surface area (Å²) < 4.78 is 4.84. The van der Waals surface area contributed by atoms with Gasteiger partial charge in [0, 0.05) is 0 Å². The van der Waals surface area contributed by atoms with Crippen LogP contribution in [0.25, 0.3) is 33.0 Å². The molecule has 0 atom stereocenters. The zero-order valence-electron chi connectivity index (χ0n) is 15.0. The van der Waals surface area contributed by atoms with Gasteiger partial charge in [-0.3, -0.25) is 0 Å². The molecule has 4 aromatic carbocycles. The monoisotopic (exact) mass is 350 g/mol. The van der Waals surface area contributed by atoms with Gasteiger partial charge in [0.1, 0.15) is 0 Å². The van der Waals surface area contributed by atoms with Gasteiger partial charge in [-0.05, 0) is 62.7 Å². The molecule has 0 bridgehead atoms. The first-order chi connectivity index (χ1) is 13.2. The highest BCUT2D eigenvalue weighted by atomic mass is 16.5. The molecule has 0 radical (unpaired) electrons. The normalized spacial score (nSPS) is 11.9. The third kappa shape index (κ3) is 2.53. The number of carbonyl (C=O) groups is 1. The van der Waals surface area contributed by atoms with E-state index in [1.165, 1.54) is 40.5 Å². The van der Waals surface area contributed by atoms with Crippen molar-refractivity contribution >= 4 is 16.7 Å². The number of methoxy groups -OCH3 is 1. The first-order valence-corrected chi connectivity index (χ1v) is 9.07. The van der Waals surface area contributed by atoms with E-state index in [0.717, 1.165) is 17.2 Å². The van der Waals surface area contributed by atoms with E-state index in [0.29, 0.717) is 5.56 Å². The second kappa shape index (κ2) is 6.10. The molecule has 0 saturated carbocycles. The molecule has 4 aromatic rings. The number of ether oxygens (including phenoxy) is 1. The summed E-state index contributed by atoms with van der Waals surface area (Å²) in [5.74, 6) is -0.308.